The zero-order chi connectivity index (χ0) is 18.4. The molecule has 0 bridgehead atoms. The molecule has 27 heavy (non-hydrogen) atoms. The summed E-state index contributed by atoms with van der Waals surface area (Å²) in [7, 11) is 1.84. The van der Waals surface area contributed by atoms with Crippen LogP contribution in [0.2, 0.25) is 0 Å². The van der Waals surface area contributed by atoms with Gasteiger partial charge in [-0.25, -0.2) is 9.97 Å². The molecule has 8 heteroatoms. The monoisotopic (exact) mass is 355 g/mol. The number of fused-ring (bicyclic) bond motifs is 2. The number of aromatic nitrogens is 7. The van der Waals surface area contributed by atoms with Crippen LogP contribution in [0.5, 0.6) is 0 Å². The van der Waals surface area contributed by atoms with Gasteiger partial charge in [-0.1, -0.05) is 12.1 Å². The second kappa shape index (κ2) is 5.80. The molecule has 0 aliphatic rings. The molecule has 130 valence electrons. The van der Waals surface area contributed by atoms with Gasteiger partial charge in [0.25, 0.3) is 0 Å². The lowest BCUT2D eigenvalue weighted by Crippen LogP contribution is -2.07. The van der Waals surface area contributed by atoms with E-state index in [1.54, 1.807) is 23.2 Å². The molecule has 4 aromatic heterocycles. The van der Waals surface area contributed by atoms with Crippen molar-refractivity contribution in [3.8, 4) is 22.8 Å². The summed E-state index contributed by atoms with van der Waals surface area (Å²) in [6.45, 7) is 0. The van der Waals surface area contributed by atoms with E-state index in [2.05, 4.69) is 25.1 Å². The van der Waals surface area contributed by atoms with E-state index in [0.717, 1.165) is 16.5 Å². The lowest BCUT2D eigenvalue weighted by atomic mass is 10.1. The molecule has 5 rings (SSSR count). The maximum atomic E-state index is 11.7. The second-order valence-electron chi connectivity index (χ2n) is 6.15. The Morgan fingerprint density at radius 3 is 2.74 bits per heavy atom. The summed E-state index contributed by atoms with van der Waals surface area (Å²) in [5.41, 5.74) is 3.77. The first-order chi connectivity index (χ1) is 13.2. The van der Waals surface area contributed by atoms with E-state index in [1.165, 1.54) is 6.07 Å². The molecule has 1 aromatic carbocycles. The smallest absolute Gasteiger partial charge is 0.249 e. The standard InChI is InChI=1S/C19H13N7O/c1-26-10-21-25-19(26)17-16(22-14-6-7-15(27)23-18(14)24-17)12-4-5-13-11(9-12)3-2-8-20-13/h2-10H,1H3,(H,23,24,27). The molecule has 0 fully saturated rings. The molecule has 0 saturated carbocycles. The van der Waals surface area contributed by atoms with Gasteiger partial charge in [-0.2, -0.15) is 0 Å². The van der Waals surface area contributed by atoms with Crippen molar-refractivity contribution in [2.24, 2.45) is 7.05 Å². The SMILES string of the molecule is Cn1cnnc1-c1nc2[nH]c(=O)ccc2nc1-c1ccc2ncccc2c1. The zero-order valence-electron chi connectivity index (χ0n) is 14.3. The number of aromatic amines is 1. The molecule has 0 radical (unpaired) electrons. The van der Waals surface area contributed by atoms with Crippen molar-refractivity contribution in [1.82, 2.24) is 34.7 Å². The molecule has 4 heterocycles. The molecule has 5 aromatic rings. The molecule has 0 aliphatic heterocycles. The van der Waals surface area contributed by atoms with Crippen LogP contribution in [0.15, 0.2) is 59.8 Å². The minimum atomic E-state index is -0.231. The van der Waals surface area contributed by atoms with Crippen LogP contribution < -0.4 is 5.56 Å². The summed E-state index contributed by atoms with van der Waals surface area (Å²) in [5, 5.41) is 9.12. The topological polar surface area (TPSA) is 102 Å². The Bertz CT molecular complexity index is 1370. The largest absolute Gasteiger partial charge is 0.315 e. The molecule has 0 amide bonds. The molecule has 0 atom stereocenters. The summed E-state index contributed by atoms with van der Waals surface area (Å²) in [5.74, 6) is 0.565. The van der Waals surface area contributed by atoms with Gasteiger partial charge in [-0.3, -0.25) is 9.78 Å². The van der Waals surface area contributed by atoms with Crippen LogP contribution in [0.4, 0.5) is 0 Å². The summed E-state index contributed by atoms with van der Waals surface area (Å²) in [6.07, 6.45) is 3.36. The van der Waals surface area contributed by atoms with Gasteiger partial charge < -0.3 is 9.55 Å². The Morgan fingerprint density at radius 1 is 1.00 bits per heavy atom. The summed E-state index contributed by atoms with van der Waals surface area (Å²) >= 11 is 0. The molecule has 0 saturated heterocycles. The van der Waals surface area contributed by atoms with E-state index >= 15 is 0 Å². The van der Waals surface area contributed by atoms with Crippen LogP contribution >= 0.6 is 0 Å². The maximum Gasteiger partial charge on any atom is 0.249 e. The minimum Gasteiger partial charge on any atom is -0.315 e. The van der Waals surface area contributed by atoms with Crippen molar-refractivity contribution in [1.29, 1.82) is 0 Å². The minimum absolute atomic E-state index is 0.231. The number of aryl methyl sites for hydroxylation is 1. The maximum absolute atomic E-state index is 11.7. The average molecular weight is 355 g/mol. The van der Waals surface area contributed by atoms with Crippen LogP contribution in [-0.2, 0) is 7.05 Å². The van der Waals surface area contributed by atoms with E-state index in [0.29, 0.717) is 28.4 Å². The lowest BCUT2D eigenvalue weighted by molar-refractivity contribution is 0.913. The van der Waals surface area contributed by atoms with Crippen molar-refractivity contribution >= 4 is 22.1 Å². The summed E-state index contributed by atoms with van der Waals surface area (Å²) < 4.78 is 1.77. The Kier molecular flexibility index (Phi) is 3.29. The van der Waals surface area contributed by atoms with Gasteiger partial charge in [0.15, 0.2) is 11.5 Å². The average Bonchev–Trinajstić information content (AvgIpc) is 3.12. The van der Waals surface area contributed by atoms with Crippen LogP contribution in [0.25, 0.3) is 44.8 Å². The molecule has 0 spiro atoms. The van der Waals surface area contributed by atoms with E-state index in [-0.39, 0.29) is 5.56 Å². The van der Waals surface area contributed by atoms with Crippen molar-refractivity contribution in [2.75, 3.05) is 0 Å². The quantitative estimate of drug-likeness (QED) is 0.521. The lowest BCUT2D eigenvalue weighted by Gasteiger charge is -2.10. The Labute approximate surface area is 152 Å². The van der Waals surface area contributed by atoms with Crippen LogP contribution in [0, 0.1) is 0 Å². The van der Waals surface area contributed by atoms with Crippen LogP contribution in [0.1, 0.15) is 0 Å². The molecular weight excluding hydrogens is 342 g/mol. The van der Waals surface area contributed by atoms with E-state index < -0.39 is 0 Å². The van der Waals surface area contributed by atoms with Crippen molar-refractivity contribution in [2.45, 2.75) is 0 Å². The Balaban J connectivity index is 1.84. The van der Waals surface area contributed by atoms with Crippen LogP contribution in [0.3, 0.4) is 0 Å². The number of pyridine rings is 2. The Hall–Kier alpha value is -3.94. The number of rotatable bonds is 2. The molecule has 0 aliphatic carbocycles. The summed E-state index contributed by atoms with van der Waals surface area (Å²) in [4.78, 5) is 28.2. The van der Waals surface area contributed by atoms with Crippen molar-refractivity contribution in [3.05, 3.63) is 65.3 Å². The molecular formula is C19H13N7O. The highest BCUT2D eigenvalue weighted by Gasteiger charge is 2.18. The van der Waals surface area contributed by atoms with Gasteiger partial charge in [-0.05, 0) is 24.3 Å². The second-order valence-corrected chi connectivity index (χ2v) is 6.15. The van der Waals surface area contributed by atoms with Crippen molar-refractivity contribution < 1.29 is 0 Å². The fraction of sp³-hybridized carbons (Fsp3) is 0.0526. The summed E-state index contributed by atoms with van der Waals surface area (Å²) in [6, 6.07) is 12.9. The third kappa shape index (κ3) is 2.54. The third-order valence-corrected chi connectivity index (χ3v) is 4.36. The highest BCUT2D eigenvalue weighted by Crippen LogP contribution is 2.30. The van der Waals surface area contributed by atoms with E-state index in [1.807, 2.05) is 37.4 Å². The van der Waals surface area contributed by atoms with Crippen LogP contribution in [-0.4, -0.2) is 34.7 Å². The first kappa shape index (κ1) is 15.3. The van der Waals surface area contributed by atoms with Crippen molar-refractivity contribution in [3.63, 3.8) is 0 Å². The highest BCUT2D eigenvalue weighted by atomic mass is 16.1. The fourth-order valence-electron chi connectivity index (χ4n) is 3.05. The molecule has 0 unspecified atom stereocenters. The number of nitrogens with zero attached hydrogens (tertiary/aromatic N) is 6. The number of hydrogen-bond donors (Lipinski definition) is 1. The van der Waals surface area contributed by atoms with Gasteiger partial charge >= 0.3 is 0 Å². The predicted octanol–water partition coefficient (Wildman–Crippen LogP) is 2.33. The zero-order valence-corrected chi connectivity index (χ0v) is 14.3. The van der Waals surface area contributed by atoms with Gasteiger partial charge in [0, 0.05) is 30.3 Å². The molecule has 1 N–H and O–H groups in total. The number of benzene rings is 1. The van der Waals surface area contributed by atoms with E-state index in [9.17, 15) is 4.79 Å². The number of hydrogen-bond acceptors (Lipinski definition) is 6. The van der Waals surface area contributed by atoms with Gasteiger partial charge in [0.05, 0.1) is 5.52 Å². The fourth-order valence-corrected chi connectivity index (χ4v) is 3.05. The number of H-pyrrole nitrogens is 1. The van der Waals surface area contributed by atoms with Gasteiger partial charge in [0.2, 0.25) is 5.56 Å². The number of nitrogens with one attached hydrogen (secondary N) is 1. The Morgan fingerprint density at radius 2 is 1.89 bits per heavy atom. The van der Waals surface area contributed by atoms with E-state index in [4.69, 9.17) is 4.98 Å². The third-order valence-electron chi connectivity index (χ3n) is 4.36. The van der Waals surface area contributed by atoms with Gasteiger partial charge in [0.1, 0.15) is 23.2 Å². The highest BCUT2D eigenvalue weighted by molar-refractivity contribution is 5.88. The molecule has 8 nitrogen and oxygen atoms in total. The first-order valence-corrected chi connectivity index (χ1v) is 8.30. The predicted molar refractivity (Wildman–Crippen MR) is 101 cm³/mol. The normalized spacial score (nSPS) is 11.3. The first-order valence-electron chi connectivity index (χ1n) is 8.30. The van der Waals surface area contributed by atoms with Gasteiger partial charge in [-0.15, -0.1) is 10.2 Å².